The summed E-state index contributed by atoms with van der Waals surface area (Å²) in [6, 6.07) is 6.07. The van der Waals surface area contributed by atoms with Gasteiger partial charge in [0.15, 0.2) is 0 Å². The predicted octanol–water partition coefficient (Wildman–Crippen LogP) is 4.24. The highest BCUT2D eigenvalue weighted by atomic mass is 16.2. The standard InChI is InChI=1S/C19H28N2O/c1-12(2)10-15-17(19(15,4)5)18(22)20-14-8-9-16(21(6)7)13(3)11-14/h8-11,15,17H,1-7H3,(H,20,22)/t15-,17+/m0/s1. The highest BCUT2D eigenvalue weighted by molar-refractivity contribution is 5.96. The lowest BCUT2D eigenvalue weighted by atomic mass is 10.1. The van der Waals surface area contributed by atoms with Gasteiger partial charge in [0, 0.05) is 25.5 Å². The summed E-state index contributed by atoms with van der Waals surface area (Å²) < 4.78 is 0. The quantitative estimate of drug-likeness (QED) is 0.844. The van der Waals surface area contributed by atoms with Gasteiger partial charge in [-0.2, -0.15) is 0 Å². The van der Waals surface area contributed by atoms with Gasteiger partial charge in [-0.25, -0.2) is 0 Å². The molecule has 0 unspecified atom stereocenters. The highest BCUT2D eigenvalue weighted by Crippen LogP contribution is 2.59. The predicted molar refractivity (Wildman–Crippen MR) is 94.3 cm³/mol. The summed E-state index contributed by atoms with van der Waals surface area (Å²) in [5, 5.41) is 3.08. The first kappa shape index (κ1) is 16.6. The summed E-state index contributed by atoms with van der Waals surface area (Å²) in [5.74, 6) is 0.542. The fourth-order valence-corrected chi connectivity index (χ4v) is 3.30. The van der Waals surface area contributed by atoms with E-state index in [-0.39, 0.29) is 17.2 Å². The summed E-state index contributed by atoms with van der Waals surface area (Å²) in [6.07, 6.45) is 2.23. The third-order valence-corrected chi connectivity index (χ3v) is 4.65. The zero-order chi connectivity index (χ0) is 16.7. The Morgan fingerprint density at radius 2 is 1.91 bits per heavy atom. The number of hydrogen-bond acceptors (Lipinski definition) is 2. The lowest BCUT2D eigenvalue weighted by molar-refractivity contribution is -0.118. The van der Waals surface area contributed by atoms with Crippen LogP contribution in [0.15, 0.2) is 29.8 Å². The van der Waals surface area contributed by atoms with Crippen LogP contribution in [0.4, 0.5) is 11.4 Å². The second kappa shape index (κ2) is 5.79. The minimum Gasteiger partial charge on any atom is -0.377 e. The Balaban J connectivity index is 2.10. The van der Waals surface area contributed by atoms with Gasteiger partial charge in [-0.3, -0.25) is 4.79 Å². The Morgan fingerprint density at radius 1 is 1.27 bits per heavy atom. The minimum atomic E-state index is 0.0555. The maximum atomic E-state index is 12.6. The number of allylic oxidation sites excluding steroid dienone is 2. The first-order chi connectivity index (χ1) is 10.1. The van der Waals surface area contributed by atoms with Crippen molar-refractivity contribution < 1.29 is 4.79 Å². The molecule has 2 rings (SSSR count). The van der Waals surface area contributed by atoms with Crippen LogP contribution in [0.1, 0.15) is 33.3 Å². The zero-order valence-corrected chi connectivity index (χ0v) is 14.8. The molecule has 0 aromatic heterocycles. The molecule has 0 spiro atoms. The topological polar surface area (TPSA) is 32.3 Å². The lowest BCUT2D eigenvalue weighted by Gasteiger charge is -2.16. The van der Waals surface area contributed by atoms with Crippen LogP contribution in [0.25, 0.3) is 0 Å². The molecular weight excluding hydrogens is 272 g/mol. The zero-order valence-electron chi connectivity index (χ0n) is 14.8. The molecule has 3 nitrogen and oxygen atoms in total. The summed E-state index contributed by atoms with van der Waals surface area (Å²) in [6.45, 7) is 10.6. The molecule has 1 N–H and O–H groups in total. The van der Waals surface area contributed by atoms with Crippen molar-refractivity contribution in [2.45, 2.75) is 34.6 Å². The van der Waals surface area contributed by atoms with Gasteiger partial charge in [0.05, 0.1) is 5.92 Å². The Labute approximate surface area is 134 Å². The minimum absolute atomic E-state index is 0.0555. The maximum absolute atomic E-state index is 12.6. The second-order valence-electron chi connectivity index (χ2n) is 7.45. The highest BCUT2D eigenvalue weighted by Gasteiger charge is 2.60. The van der Waals surface area contributed by atoms with Crippen molar-refractivity contribution in [1.29, 1.82) is 0 Å². The number of aryl methyl sites for hydroxylation is 1. The van der Waals surface area contributed by atoms with Crippen molar-refractivity contribution in [3.8, 4) is 0 Å². The summed E-state index contributed by atoms with van der Waals surface area (Å²) >= 11 is 0. The van der Waals surface area contributed by atoms with E-state index in [9.17, 15) is 4.79 Å². The van der Waals surface area contributed by atoms with E-state index < -0.39 is 0 Å². The molecule has 22 heavy (non-hydrogen) atoms. The average molecular weight is 300 g/mol. The Bertz CT molecular complexity index is 610. The van der Waals surface area contributed by atoms with E-state index in [0.717, 1.165) is 5.69 Å². The summed E-state index contributed by atoms with van der Waals surface area (Å²) in [7, 11) is 4.05. The summed E-state index contributed by atoms with van der Waals surface area (Å²) in [4.78, 5) is 14.6. The van der Waals surface area contributed by atoms with Gasteiger partial charge < -0.3 is 10.2 Å². The number of rotatable bonds is 4. The maximum Gasteiger partial charge on any atom is 0.228 e. The first-order valence-electron chi connectivity index (χ1n) is 7.88. The number of amides is 1. The molecule has 1 fully saturated rings. The molecule has 120 valence electrons. The molecule has 1 saturated carbocycles. The molecule has 2 atom stereocenters. The first-order valence-corrected chi connectivity index (χ1v) is 7.88. The Hall–Kier alpha value is -1.77. The van der Waals surface area contributed by atoms with Crippen LogP contribution in [0, 0.1) is 24.2 Å². The number of nitrogens with zero attached hydrogens (tertiary/aromatic N) is 1. The van der Waals surface area contributed by atoms with Crippen molar-refractivity contribution in [3.05, 3.63) is 35.4 Å². The van der Waals surface area contributed by atoms with Crippen LogP contribution in [-0.2, 0) is 4.79 Å². The lowest BCUT2D eigenvalue weighted by Crippen LogP contribution is -2.17. The number of carbonyl (C=O) groups is 1. The molecule has 1 aromatic rings. The van der Waals surface area contributed by atoms with Gasteiger partial charge >= 0.3 is 0 Å². The van der Waals surface area contributed by atoms with E-state index in [1.165, 1.54) is 16.8 Å². The fourth-order valence-electron chi connectivity index (χ4n) is 3.30. The number of carbonyl (C=O) groups excluding carboxylic acids is 1. The molecule has 0 bridgehead atoms. The molecule has 1 aromatic carbocycles. The van der Waals surface area contributed by atoms with E-state index in [4.69, 9.17) is 0 Å². The summed E-state index contributed by atoms with van der Waals surface area (Å²) in [5.41, 5.74) is 4.55. The van der Waals surface area contributed by atoms with Crippen LogP contribution in [0.3, 0.4) is 0 Å². The van der Waals surface area contributed by atoms with Crippen LogP contribution in [0.2, 0.25) is 0 Å². The normalized spacial score (nSPS) is 22.0. The van der Waals surface area contributed by atoms with Crippen LogP contribution in [0.5, 0.6) is 0 Å². The Kier molecular flexibility index (Phi) is 4.37. The average Bonchev–Trinajstić information content (AvgIpc) is 2.89. The van der Waals surface area contributed by atoms with Gasteiger partial charge in [-0.15, -0.1) is 0 Å². The van der Waals surface area contributed by atoms with Gasteiger partial charge in [0.2, 0.25) is 5.91 Å². The molecule has 1 aliphatic rings. The monoisotopic (exact) mass is 300 g/mol. The molecular formula is C19H28N2O. The van der Waals surface area contributed by atoms with E-state index >= 15 is 0 Å². The largest absolute Gasteiger partial charge is 0.377 e. The SMILES string of the molecule is CC(C)=C[C@H]1[C@H](C(=O)Nc2ccc(N(C)C)c(C)c2)C1(C)C. The fraction of sp³-hybridized carbons (Fsp3) is 0.526. The third-order valence-electron chi connectivity index (χ3n) is 4.65. The number of benzene rings is 1. The molecule has 0 heterocycles. The molecule has 0 saturated heterocycles. The van der Waals surface area contributed by atoms with E-state index in [1.807, 2.05) is 26.2 Å². The third kappa shape index (κ3) is 3.18. The molecule has 1 amide bonds. The molecule has 1 aliphatic carbocycles. The number of hydrogen-bond donors (Lipinski definition) is 1. The van der Waals surface area contributed by atoms with E-state index in [2.05, 4.69) is 57.0 Å². The molecule has 0 aliphatic heterocycles. The van der Waals surface area contributed by atoms with Gasteiger partial charge in [-0.1, -0.05) is 25.5 Å². The van der Waals surface area contributed by atoms with Crippen molar-refractivity contribution in [1.82, 2.24) is 0 Å². The molecule has 0 radical (unpaired) electrons. The molecule has 3 heteroatoms. The van der Waals surface area contributed by atoms with Crippen LogP contribution >= 0.6 is 0 Å². The Morgan fingerprint density at radius 3 is 2.41 bits per heavy atom. The van der Waals surface area contributed by atoms with Crippen molar-refractivity contribution in [2.24, 2.45) is 17.3 Å². The smallest absolute Gasteiger partial charge is 0.228 e. The van der Waals surface area contributed by atoms with Crippen molar-refractivity contribution >= 4 is 17.3 Å². The van der Waals surface area contributed by atoms with E-state index in [1.54, 1.807) is 0 Å². The van der Waals surface area contributed by atoms with E-state index in [0.29, 0.717) is 5.92 Å². The van der Waals surface area contributed by atoms with Crippen LogP contribution in [-0.4, -0.2) is 20.0 Å². The van der Waals surface area contributed by atoms with Gasteiger partial charge in [0.25, 0.3) is 0 Å². The van der Waals surface area contributed by atoms with Crippen molar-refractivity contribution in [3.63, 3.8) is 0 Å². The number of nitrogens with one attached hydrogen (secondary N) is 1. The van der Waals surface area contributed by atoms with Crippen LogP contribution < -0.4 is 10.2 Å². The number of anilines is 2. The second-order valence-corrected chi connectivity index (χ2v) is 7.45. The van der Waals surface area contributed by atoms with Crippen molar-refractivity contribution in [2.75, 3.05) is 24.3 Å². The van der Waals surface area contributed by atoms with Gasteiger partial charge in [-0.05, 0) is 55.9 Å². The van der Waals surface area contributed by atoms with Gasteiger partial charge in [0.1, 0.15) is 0 Å².